The van der Waals surface area contributed by atoms with E-state index in [0.717, 1.165) is 58.6 Å². The first kappa shape index (κ1) is 22.1. The summed E-state index contributed by atoms with van der Waals surface area (Å²) in [4.78, 5) is 21.7. The summed E-state index contributed by atoms with van der Waals surface area (Å²) in [5.41, 5.74) is 5.48. The fourth-order valence-electron chi connectivity index (χ4n) is 4.65. The molecule has 7 heteroatoms. The molecule has 1 fully saturated rings. The highest BCUT2D eigenvalue weighted by Gasteiger charge is 2.27. The Bertz CT molecular complexity index is 1330. The second-order valence-corrected chi connectivity index (χ2v) is 9.02. The molecule has 5 rings (SSSR count). The third-order valence-electron chi connectivity index (χ3n) is 6.65. The second kappa shape index (κ2) is 9.27. The van der Waals surface area contributed by atoms with Crippen molar-refractivity contribution in [3.63, 3.8) is 0 Å². The van der Waals surface area contributed by atoms with Gasteiger partial charge in [0.25, 0.3) is 0 Å². The van der Waals surface area contributed by atoms with Gasteiger partial charge in [-0.15, -0.1) is 0 Å². The number of pyridine rings is 1. The van der Waals surface area contributed by atoms with Gasteiger partial charge in [-0.1, -0.05) is 36.4 Å². The first-order chi connectivity index (χ1) is 16.5. The molecular weight excluding hydrogens is 426 g/mol. The number of fused-ring (bicyclic) bond motifs is 1. The number of nitrogens with zero attached hydrogens (tertiary/aromatic N) is 4. The number of methoxy groups -OCH3 is 1. The molecule has 0 bridgehead atoms. The minimum atomic E-state index is 0.184. The monoisotopic (exact) mass is 455 g/mol. The molecule has 0 saturated carbocycles. The molecule has 34 heavy (non-hydrogen) atoms. The van der Waals surface area contributed by atoms with Gasteiger partial charge in [0.1, 0.15) is 5.75 Å². The van der Waals surface area contributed by atoms with Crippen LogP contribution in [0.2, 0.25) is 0 Å². The minimum Gasteiger partial charge on any atom is -0.496 e. The maximum atomic E-state index is 12.9. The number of benzene rings is 2. The van der Waals surface area contributed by atoms with Crippen molar-refractivity contribution >= 4 is 16.9 Å². The Balaban J connectivity index is 1.41. The van der Waals surface area contributed by atoms with Gasteiger partial charge in [0, 0.05) is 41.8 Å². The normalized spacial score (nSPS) is 15.9. The van der Waals surface area contributed by atoms with E-state index in [2.05, 4.69) is 52.4 Å². The Labute approximate surface area is 199 Å². The standard InChI is InChI=1S/C27H29N5O2/c1-31(2)21-11-12-32(17-21)25(33)14-18-7-6-8-19(13-18)20-15-23-26(29-30-27(23)28-16-20)22-9-4-5-10-24(22)34-3/h4-10,13,15-16,21H,11-12,14,17H2,1-3H3,(H,28,29,30). The molecule has 1 atom stereocenters. The van der Waals surface area contributed by atoms with Crippen LogP contribution >= 0.6 is 0 Å². The summed E-state index contributed by atoms with van der Waals surface area (Å²) in [6.07, 6.45) is 3.27. The quantitative estimate of drug-likeness (QED) is 0.476. The molecule has 0 spiro atoms. The number of likely N-dealkylation sites (N-methyl/N-ethyl adjacent to an activating group) is 1. The van der Waals surface area contributed by atoms with E-state index in [4.69, 9.17) is 4.74 Å². The summed E-state index contributed by atoms with van der Waals surface area (Å²) in [5, 5.41) is 8.42. The highest BCUT2D eigenvalue weighted by molar-refractivity contribution is 5.94. The zero-order valence-corrected chi connectivity index (χ0v) is 19.8. The van der Waals surface area contributed by atoms with Crippen molar-refractivity contribution < 1.29 is 9.53 Å². The van der Waals surface area contributed by atoms with Gasteiger partial charge < -0.3 is 14.5 Å². The van der Waals surface area contributed by atoms with Crippen LogP contribution in [0.4, 0.5) is 0 Å². The van der Waals surface area contributed by atoms with Crippen LogP contribution in [0.3, 0.4) is 0 Å². The largest absolute Gasteiger partial charge is 0.496 e. The summed E-state index contributed by atoms with van der Waals surface area (Å²) in [6.45, 7) is 1.63. The van der Waals surface area contributed by atoms with Crippen LogP contribution in [0.15, 0.2) is 60.8 Å². The number of nitrogens with one attached hydrogen (secondary N) is 1. The van der Waals surface area contributed by atoms with Crippen LogP contribution < -0.4 is 4.74 Å². The Kier molecular flexibility index (Phi) is 6.02. The highest BCUT2D eigenvalue weighted by Crippen LogP contribution is 2.34. The summed E-state index contributed by atoms with van der Waals surface area (Å²) in [6, 6.07) is 18.6. The number of aromatic nitrogens is 3. The van der Waals surface area contributed by atoms with Crippen LogP contribution in [0.5, 0.6) is 5.75 Å². The van der Waals surface area contributed by atoms with Crippen molar-refractivity contribution in [2.45, 2.75) is 18.9 Å². The molecular formula is C27H29N5O2. The van der Waals surface area contributed by atoms with E-state index in [1.807, 2.05) is 47.5 Å². The predicted octanol–water partition coefficient (Wildman–Crippen LogP) is 4.01. The Morgan fingerprint density at radius 1 is 1.15 bits per heavy atom. The fourth-order valence-corrected chi connectivity index (χ4v) is 4.65. The average molecular weight is 456 g/mol. The smallest absolute Gasteiger partial charge is 0.227 e. The van der Waals surface area contributed by atoms with Crippen molar-refractivity contribution in [3.8, 4) is 28.1 Å². The van der Waals surface area contributed by atoms with Crippen LogP contribution in [-0.2, 0) is 11.2 Å². The lowest BCUT2D eigenvalue weighted by Gasteiger charge is -2.20. The Morgan fingerprint density at radius 3 is 2.79 bits per heavy atom. The third kappa shape index (κ3) is 4.26. The fraction of sp³-hybridized carbons (Fsp3) is 0.296. The number of carbonyl (C=O) groups excluding carboxylic acids is 1. The number of carbonyl (C=O) groups is 1. The molecule has 1 aliphatic rings. The summed E-state index contributed by atoms with van der Waals surface area (Å²) >= 11 is 0. The Morgan fingerprint density at radius 2 is 2.00 bits per heavy atom. The molecule has 1 amide bonds. The van der Waals surface area contributed by atoms with Crippen LogP contribution in [0, 0.1) is 0 Å². The zero-order chi connectivity index (χ0) is 23.7. The van der Waals surface area contributed by atoms with E-state index >= 15 is 0 Å². The molecule has 2 aromatic carbocycles. The van der Waals surface area contributed by atoms with Gasteiger partial charge >= 0.3 is 0 Å². The van der Waals surface area contributed by atoms with Crippen molar-refractivity contribution in [1.29, 1.82) is 0 Å². The number of rotatable bonds is 6. The zero-order valence-electron chi connectivity index (χ0n) is 19.8. The number of para-hydroxylation sites is 1. The molecule has 0 radical (unpaired) electrons. The minimum absolute atomic E-state index is 0.184. The lowest BCUT2D eigenvalue weighted by Crippen LogP contribution is -2.35. The molecule has 3 heterocycles. The van der Waals surface area contributed by atoms with Crippen molar-refractivity contribution in [2.75, 3.05) is 34.3 Å². The third-order valence-corrected chi connectivity index (χ3v) is 6.65. The molecule has 1 unspecified atom stereocenters. The van der Waals surface area contributed by atoms with Gasteiger partial charge in [-0.05, 0) is 49.8 Å². The van der Waals surface area contributed by atoms with E-state index in [9.17, 15) is 4.79 Å². The van der Waals surface area contributed by atoms with Crippen molar-refractivity contribution in [1.82, 2.24) is 25.0 Å². The SMILES string of the molecule is COc1ccccc1-c1[nH]nc2ncc(-c3cccc(CC(=O)N4CCC(N(C)C)C4)c3)cc12. The van der Waals surface area contributed by atoms with E-state index < -0.39 is 0 Å². The van der Waals surface area contributed by atoms with Gasteiger partial charge in [-0.2, -0.15) is 5.10 Å². The maximum Gasteiger partial charge on any atom is 0.227 e. The first-order valence-corrected chi connectivity index (χ1v) is 11.5. The number of aromatic amines is 1. The van der Waals surface area contributed by atoms with Crippen molar-refractivity contribution in [3.05, 3.63) is 66.4 Å². The molecule has 1 saturated heterocycles. The van der Waals surface area contributed by atoms with Crippen LogP contribution in [0.1, 0.15) is 12.0 Å². The number of hydrogen-bond donors (Lipinski definition) is 1. The molecule has 174 valence electrons. The highest BCUT2D eigenvalue weighted by atomic mass is 16.5. The van der Waals surface area contributed by atoms with Gasteiger partial charge in [-0.25, -0.2) is 4.98 Å². The maximum absolute atomic E-state index is 12.9. The van der Waals surface area contributed by atoms with Gasteiger partial charge in [0.05, 0.1) is 19.2 Å². The summed E-state index contributed by atoms with van der Waals surface area (Å²) < 4.78 is 5.54. The average Bonchev–Trinajstić information content (AvgIpc) is 3.52. The van der Waals surface area contributed by atoms with E-state index in [1.54, 1.807) is 7.11 Å². The van der Waals surface area contributed by atoms with Gasteiger partial charge in [0.15, 0.2) is 5.65 Å². The number of ether oxygens (including phenoxy) is 1. The van der Waals surface area contributed by atoms with E-state index in [1.165, 1.54) is 0 Å². The number of amides is 1. The molecule has 1 aliphatic heterocycles. The van der Waals surface area contributed by atoms with E-state index in [0.29, 0.717) is 18.1 Å². The van der Waals surface area contributed by atoms with Crippen molar-refractivity contribution in [2.24, 2.45) is 0 Å². The lowest BCUT2D eigenvalue weighted by molar-refractivity contribution is -0.129. The number of H-pyrrole nitrogens is 1. The number of hydrogen-bond acceptors (Lipinski definition) is 5. The molecule has 1 N–H and O–H groups in total. The van der Waals surface area contributed by atoms with E-state index in [-0.39, 0.29) is 5.91 Å². The van der Waals surface area contributed by atoms with Gasteiger partial charge in [-0.3, -0.25) is 9.89 Å². The van der Waals surface area contributed by atoms with Gasteiger partial charge in [0.2, 0.25) is 5.91 Å². The summed E-state index contributed by atoms with van der Waals surface area (Å²) in [7, 11) is 5.81. The number of likely N-dealkylation sites (tertiary alicyclic amines) is 1. The second-order valence-electron chi connectivity index (χ2n) is 9.02. The van der Waals surface area contributed by atoms with Crippen LogP contribution in [-0.4, -0.2) is 71.2 Å². The topological polar surface area (TPSA) is 74.3 Å². The molecule has 7 nitrogen and oxygen atoms in total. The lowest BCUT2D eigenvalue weighted by atomic mass is 10.0. The molecule has 0 aliphatic carbocycles. The first-order valence-electron chi connectivity index (χ1n) is 11.5. The molecule has 2 aromatic heterocycles. The van der Waals surface area contributed by atoms with Crippen LogP contribution in [0.25, 0.3) is 33.4 Å². The summed E-state index contributed by atoms with van der Waals surface area (Å²) in [5.74, 6) is 0.959. The predicted molar refractivity (Wildman–Crippen MR) is 134 cm³/mol. The Hall–Kier alpha value is -3.71. The molecule has 4 aromatic rings.